The first-order chi connectivity index (χ1) is 12.7. The monoisotopic (exact) mass is 371 g/mol. The molecular formula is C19H17NO5S. The van der Waals surface area contributed by atoms with Crippen molar-refractivity contribution >= 4 is 23.4 Å². The molecular weight excluding hydrogens is 354 g/mol. The van der Waals surface area contributed by atoms with E-state index in [0.29, 0.717) is 23.0 Å². The highest BCUT2D eigenvalue weighted by Gasteiger charge is 2.11. The van der Waals surface area contributed by atoms with E-state index >= 15 is 0 Å². The third-order valence-electron chi connectivity index (χ3n) is 3.52. The maximum absolute atomic E-state index is 11.7. The highest BCUT2D eigenvalue weighted by molar-refractivity contribution is 7.10. The van der Waals surface area contributed by atoms with Gasteiger partial charge in [-0.2, -0.15) is 0 Å². The number of carbonyl (C=O) groups is 1. The lowest BCUT2D eigenvalue weighted by Crippen LogP contribution is -2.00. The summed E-state index contributed by atoms with van der Waals surface area (Å²) in [6.07, 6.45) is 3.10. The van der Waals surface area contributed by atoms with Gasteiger partial charge in [-0.1, -0.05) is 11.2 Å². The van der Waals surface area contributed by atoms with Crippen LogP contribution < -0.4 is 9.47 Å². The van der Waals surface area contributed by atoms with Gasteiger partial charge in [0.1, 0.15) is 12.3 Å². The molecule has 3 rings (SSSR count). The van der Waals surface area contributed by atoms with E-state index in [1.165, 1.54) is 6.08 Å². The second-order valence-electron chi connectivity index (χ2n) is 5.21. The van der Waals surface area contributed by atoms with Gasteiger partial charge < -0.3 is 18.7 Å². The molecule has 2 aromatic heterocycles. The summed E-state index contributed by atoms with van der Waals surface area (Å²) in [5.41, 5.74) is 1.30. The standard InChI is InChI=1S/C19H17NO5S/c1-22-16-7-5-13(10-18(16)23-2)17-11-14(20-25-17)12-24-19(21)8-6-15-4-3-9-26-15/h3-11H,12H2,1-2H3/b8-6+. The first-order valence-electron chi connectivity index (χ1n) is 7.76. The van der Waals surface area contributed by atoms with Gasteiger partial charge in [-0.25, -0.2) is 4.79 Å². The van der Waals surface area contributed by atoms with Crippen molar-refractivity contribution in [2.45, 2.75) is 6.61 Å². The van der Waals surface area contributed by atoms with E-state index in [4.69, 9.17) is 18.7 Å². The van der Waals surface area contributed by atoms with Crippen LogP contribution in [0, 0.1) is 0 Å². The second-order valence-corrected chi connectivity index (χ2v) is 6.19. The number of aromatic nitrogens is 1. The fourth-order valence-corrected chi connectivity index (χ4v) is 2.85. The van der Waals surface area contributed by atoms with Crippen molar-refractivity contribution in [3.05, 3.63) is 58.4 Å². The number of rotatable bonds is 7. The smallest absolute Gasteiger partial charge is 0.331 e. The molecule has 6 nitrogen and oxygen atoms in total. The van der Waals surface area contributed by atoms with E-state index in [2.05, 4.69) is 5.16 Å². The molecule has 0 fully saturated rings. The van der Waals surface area contributed by atoms with Gasteiger partial charge in [0.15, 0.2) is 17.3 Å². The van der Waals surface area contributed by atoms with Crippen LogP contribution in [0.1, 0.15) is 10.6 Å². The molecule has 1 aromatic carbocycles. The summed E-state index contributed by atoms with van der Waals surface area (Å²) < 4.78 is 21.0. The lowest BCUT2D eigenvalue weighted by Gasteiger charge is -2.07. The molecule has 0 N–H and O–H groups in total. The van der Waals surface area contributed by atoms with E-state index in [0.717, 1.165) is 10.4 Å². The third-order valence-corrected chi connectivity index (χ3v) is 4.35. The Morgan fingerprint density at radius 1 is 1.19 bits per heavy atom. The van der Waals surface area contributed by atoms with Gasteiger partial charge in [-0.15, -0.1) is 11.3 Å². The topological polar surface area (TPSA) is 70.8 Å². The number of ether oxygens (including phenoxy) is 3. The van der Waals surface area contributed by atoms with E-state index in [9.17, 15) is 4.79 Å². The van der Waals surface area contributed by atoms with Gasteiger partial charge >= 0.3 is 5.97 Å². The SMILES string of the molecule is COc1ccc(-c2cc(COC(=O)/C=C/c3cccs3)no2)cc1OC. The third kappa shape index (κ3) is 4.31. The Bertz CT molecular complexity index is 899. The van der Waals surface area contributed by atoms with Crippen LogP contribution >= 0.6 is 11.3 Å². The first kappa shape index (κ1) is 17.8. The Morgan fingerprint density at radius 3 is 2.77 bits per heavy atom. The van der Waals surface area contributed by atoms with Crippen LogP contribution in [0.25, 0.3) is 17.4 Å². The predicted octanol–water partition coefficient (Wildman–Crippen LogP) is 4.18. The largest absolute Gasteiger partial charge is 0.493 e. The molecule has 2 heterocycles. The summed E-state index contributed by atoms with van der Waals surface area (Å²) in [6.45, 7) is 0.0321. The van der Waals surface area contributed by atoms with E-state index in [1.54, 1.807) is 49.8 Å². The van der Waals surface area contributed by atoms with Crippen LogP contribution in [0.4, 0.5) is 0 Å². The number of benzene rings is 1. The number of carbonyl (C=O) groups excluding carboxylic acids is 1. The van der Waals surface area contributed by atoms with Gasteiger partial charge in [0.05, 0.1) is 14.2 Å². The minimum absolute atomic E-state index is 0.0321. The summed E-state index contributed by atoms with van der Waals surface area (Å²) in [6, 6.07) is 11.0. The van der Waals surface area contributed by atoms with Crippen LogP contribution in [0.3, 0.4) is 0 Å². The number of nitrogens with zero attached hydrogens (tertiary/aromatic N) is 1. The fourth-order valence-electron chi connectivity index (χ4n) is 2.23. The van der Waals surface area contributed by atoms with Crippen molar-refractivity contribution in [1.82, 2.24) is 5.16 Å². The van der Waals surface area contributed by atoms with Crippen LogP contribution in [0.15, 0.2) is 52.4 Å². The summed E-state index contributed by atoms with van der Waals surface area (Å²) in [7, 11) is 3.14. The van der Waals surface area contributed by atoms with Crippen molar-refractivity contribution in [1.29, 1.82) is 0 Å². The Labute approximate surface area is 154 Å². The molecule has 0 saturated carbocycles. The van der Waals surface area contributed by atoms with Crippen molar-refractivity contribution in [2.24, 2.45) is 0 Å². The molecule has 0 aliphatic carbocycles. The molecule has 134 valence electrons. The molecule has 26 heavy (non-hydrogen) atoms. The van der Waals surface area contributed by atoms with Crippen molar-refractivity contribution in [3.8, 4) is 22.8 Å². The molecule has 0 saturated heterocycles. The average Bonchev–Trinajstić information content (AvgIpc) is 3.36. The summed E-state index contributed by atoms with van der Waals surface area (Å²) >= 11 is 1.54. The number of thiophene rings is 1. The quantitative estimate of drug-likeness (QED) is 0.458. The lowest BCUT2D eigenvalue weighted by atomic mass is 10.1. The molecule has 0 bridgehead atoms. The zero-order valence-electron chi connectivity index (χ0n) is 14.3. The predicted molar refractivity (Wildman–Crippen MR) is 98.2 cm³/mol. The van der Waals surface area contributed by atoms with Crippen LogP contribution in [-0.2, 0) is 16.1 Å². The summed E-state index contributed by atoms with van der Waals surface area (Å²) in [5, 5.41) is 5.87. The van der Waals surface area contributed by atoms with Crippen LogP contribution in [0.5, 0.6) is 11.5 Å². The molecule has 0 unspecified atom stereocenters. The molecule has 0 spiro atoms. The molecule has 0 atom stereocenters. The Kier molecular flexibility index (Phi) is 5.70. The number of hydrogen-bond acceptors (Lipinski definition) is 7. The Morgan fingerprint density at radius 2 is 2.04 bits per heavy atom. The van der Waals surface area contributed by atoms with Gasteiger partial charge in [0.2, 0.25) is 0 Å². The number of hydrogen-bond donors (Lipinski definition) is 0. The molecule has 7 heteroatoms. The molecule has 3 aromatic rings. The maximum Gasteiger partial charge on any atom is 0.331 e. The van der Waals surface area contributed by atoms with E-state index < -0.39 is 5.97 Å². The number of esters is 1. The van der Waals surface area contributed by atoms with Gasteiger partial charge in [0, 0.05) is 22.6 Å². The average molecular weight is 371 g/mol. The van der Waals surface area contributed by atoms with E-state index in [1.807, 2.05) is 23.6 Å². The molecule has 0 aliphatic heterocycles. The van der Waals surface area contributed by atoms with Gasteiger partial charge in [-0.3, -0.25) is 0 Å². The van der Waals surface area contributed by atoms with E-state index in [-0.39, 0.29) is 6.61 Å². The van der Waals surface area contributed by atoms with Crippen molar-refractivity contribution in [2.75, 3.05) is 14.2 Å². The lowest BCUT2D eigenvalue weighted by molar-refractivity contribution is -0.139. The molecule has 0 aliphatic rings. The molecule has 0 amide bonds. The minimum Gasteiger partial charge on any atom is -0.493 e. The minimum atomic E-state index is -0.436. The van der Waals surface area contributed by atoms with Crippen LogP contribution in [-0.4, -0.2) is 25.3 Å². The highest BCUT2D eigenvalue weighted by atomic mass is 32.1. The molecule has 0 radical (unpaired) electrons. The van der Waals surface area contributed by atoms with Gasteiger partial charge in [0.25, 0.3) is 0 Å². The summed E-state index contributed by atoms with van der Waals surface area (Å²) in [4.78, 5) is 12.7. The van der Waals surface area contributed by atoms with Gasteiger partial charge in [-0.05, 0) is 35.7 Å². The second kappa shape index (κ2) is 8.35. The Hall–Kier alpha value is -3.06. The number of methoxy groups -OCH3 is 2. The highest BCUT2D eigenvalue weighted by Crippen LogP contribution is 2.32. The van der Waals surface area contributed by atoms with Crippen molar-refractivity contribution in [3.63, 3.8) is 0 Å². The summed E-state index contributed by atoms with van der Waals surface area (Å²) in [5.74, 6) is 1.33. The normalized spacial score (nSPS) is 10.8. The zero-order chi connectivity index (χ0) is 18.4. The zero-order valence-corrected chi connectivity index (χ0v) is 15.1. The maximum atomic E-state index is 11.7. The van der Waals surface area contributed by atoms with Crippen LogP contribution in [0.2, 0.25) is 0 Å². The first-order valence-corrected chi connectivity index (χ1v) is 8.64. The van der Waals surface area contributed by atoms with Crippen molar-refractivity contribution < 1.29 is 23.5 Å². The fraction of sp³-hybridized carbons (Fsp3) is 0.158. The Balaban J connectivity index is 1.62.